The number of nitrogens with zero attached hydrogens (tertiary/aromatic N) is 3. The van der Waals surface area contributed by atoms with Crippen molar-refractivity contribution in [2.45, 2.75) is 0 Å². The Balaban J connectivity index is 1.11. The van der Waals surface area contributed by atoms with E-state index in [9.17, 15) is 0 Å². The van der Waals surface area contributed by atoms with Crippen LogP contribution in [0.2, 0.25) is 0 Å². The highest BCUT2D eigenvalue weighted by atomic mass is 15.0. The summed E-state index contributed by atoms with van der Waals surface area (Å²) < 4.78 is 0. The van der Waals surface area contributed by atoms with Crippen molar-refractivity contribution in [2.24, 2.45) is 0 Å². The minimum absolute atomic E-state index is 0.651. The summed E-state index contributed by atoms with van der Waals surface area (Å²) >= 11 is 0. The van der Waals surface area contributed by atoms with E-state index in [2.05, 4.69) is 127 Å². The molecule has 250 valence electrons. The first-order valence-electron chi connectivity index (χ1n) is 18.4. The van der Waals surface area contributed by atoms with E-state index in [4.69, 9.17) is 15.0 Å². The predicted octanol–water partition coefficient (Wildman–Crippen LogP) is 13.5. The molecule has 0 fully saturated rings. The van der Waals surface area contributed by atoms with Gasteiger partial charge in [-0.3, -0.25) is 0 Å². The molecular weight excluding hydrogens is 655 g/mol. The standard InChI is InChI=1S/C51H31N3/c1-3-13-33(14-4-1)49-52-50(34-15-5-2-6-16-34)54-51(53-49)37-26-24-32-23-25-35(29-38(32)30-37)36-27-28-42-41-19-9-11-21-44(41)47-43-20-10-7-17-39(43)40-18-8-12-22-45(40)48(47)46(42)31-36/h1-31H. The van der Waals surface area contributed by atoms with Gasteiger partial charge in [0.1, 0.15) is 0 Å². The Morgan fingerprint density at radius 1 is 0.222 bits per heavy atom. The minimum atomic E-state index is 0.651. The second-order valence-electron chi connectivity index (χ2n) is 14.0. The Kier molecular flexibility index (Phi) is 6.86. The van der Waals surface area contributed by atoms with Crippen molar-refractivity contribution in [3.8, 4) is 45.3 Å². The van der Waals surface area contributed by atoms with Gasteiger partial charge in [0.15, 0.2) is 17.5 Å². The van der Waals surface area contributed by atoms with Crippen LogP contribution in [0.5, 0.6) is 0 Å². The third kappa shape index (κ3) is 4.87. The Bertz CT molecular complexity index is 3190. The van der Waals surface area contributed by atoms with Gasteiger partial charge in [-0.05, 0) is 94.0 Å². The van der Waals surface area contributed by atoms with Crippen molar-refractivity contribution in [3.63, 3.8) is 0 Å². The monoisotopic (exact) mass is 685 g/mol. The Labute approximate surface area is 311 Å². The molecule has 11 aromatic rings. The third-order valence-electron chi connectivity index (χ3n) is 10.8. The predicted molar refractivity (Wildman–Crippen MR) is 227 cm³/mol. The highest BCUT2D eigenvalue weighted by Gasteiger charge is 2.17. The fraction of sp³-hybridized carbons (Fsp3) is 0. The van der Waals surface area contributed by atoms with Crippen LogP contribution in [-0.2, 0) is 0 Å². The Hall–Kier alpha value is -7.23. The molecule has 0 saturated heterocycles. The summed E-state index contributed by atoms with van der Waals surface area (Å²) in [6.07, 6.45) is 0. The summed E-state index contributed by atoms with van der Waals surface area (Å²) in [6, 6.07) is 67.1. The van der Waals surface area contributed by atoms with Crippen LogP contribution >= 0.6 is 0 Å². The van der Waals surface area contributed by atoms with Gasteiger partial charge in [-0.1, -0.05) is 170 Å². The van der Waals surface area contributed by atoms with Crippen LogP contribution in [0.4, 0.5) is 0 Å². The average molecular weight is 686 g/mol. The van der Waals surface area contributed by atoms with Crippen molar-refractivity contribution in [1.29, 1.82) is 0 Å². The number of hydrogen-bond donors (Lipinski definition) is 0. The molecule has 0 spiro atoms. The zero-order chi connectivity index (χ0) is 35.6. The second-order valence-corrected chi connectivity index (χ2v) is 14.0. The molecule has 0 aliphatic carbocycles. The van der Waals surface area contributed by atoms with Crippen LogP contribution in [-0.4, -0.2) is 15.0 Å². The van der Waals surface area contributed by atoms with E-state index in [0.717, 1.165) is 27.5 Å². The normalized spacial score (nSPS) is 11.7. The lowest BCUT2D eigenvalue weighted by molar-refractivity contribution is 1.07. The highest BCUT2D eigenvalue weighted by molar-refractivity contribution is 6.39. The maximum absolute atomic E-state index is 5.00. The van der Waals surface area contributed by atoms with Gasteiger partial charge in [0.05, 0.1) is 0 Å². The molecule has 0 aliphatic rings. The van der Waals surface area contributed by atoms with Crippen LogP contribution < -0.4 is 0 Å². The topological polar surface area (TPSA) is 38.7 Å². The maximum atomic E-state index is 5.00. The van der Waals surface area contributed by atoms with Crippen LogP contribution in [0.25, 0.3) is 110 Å². The van der Waals surface area contributed by atoms with Crippen molar-refractivity contribution in [1.82, 2.24) is 15.0 Å². The first kappa shape index (κ1) is 30.4. The summed E-state index contributed by atoms with van der Waals surface area (Å²) in [5.74, 6) is 1.97. The zero-order valence-electron chi connectivity index (χ0n) is 29.2. The number of fused-ring (bicyclic) bond motifs is 12. The molecule has 1 heterocycles. The van der Waals surface area contributed by atoms with Gasteiger partial charge in [0.2, 0.25) is 0 Å². The molecule has 0 unspecified atom stereocenters. The van der Waals surface area contributed by atoms with E-state index in [1.165, 1.54) is 65.0 Å². The molecule has 0 amide bonds. The summed E-state index contributed by atoms with van der Waals surface area (Å²) in [5, 5.41) is 15.2. The molecule has 10 aromatic carbocycles. The van der Waals surface area contributed by atoms with E-state index in [1.54, 1.807) is 0 Å². The van der Waals surface area contributed by atoms with Crippen LogP contribution in [0, 0.1) is 0 Å². The van der Waals surface area contributed by atoms with Crippen molar-refractivity contribution >= 4 is 64.6 Å². The maximum Gasteiger partial charge on any atom is 0.164 e. The fourth-order valence-corrected chi connectivity index (χ4v) is 8.31. The number of aromatic nitrogens is 3. The molecule has 1 aromatic heterocycles. The summed E-state index contributed by atoms with van der Waals surface area (Å²) in [5.41, 5.74) is 5.21. The first-order valence-corrected chi connectivity index (χ1v) is 18.4. The number of hydrogen-bond acceptors (Lipinski definition) is 3. The van der Waals surface area contributed by atoms with Gasteiger partial charge in [-0.15, -0.1) is 0 Å². The van der Waals surface area contributed by atoms with E-state index < -0.39 is 0 Å². The first-order chi connectivity index (χ1) is 26.8. The van der Waals surface area contributed by atoms with Crippen LogP contribution in [0.1, 0.15) is 0 Å². The van der Waals surface area contributed by atoms with Crippen LogP contribution in [0.15, 0.2) is 188 Å². The lowest BCUT2D eigenvalue weighted by atomic mass is 9.86. The molecular formula is C51H31N3. The van der Waals surface area contributed by atoms with E-state index in [-0.39, 0.29) is 0 Å². The molecule has 0 atom stereocenters. The lowest BCUT2D eigenvalue weighted by Crippen LogP contribution is -2.00. The van der Waals surface area contributed by atoms with Crippen molar-refractivity contribution in [2.75, 3.05) is 0 Å². The van der Waals surface area contributed by atoms with Gasteiger partial charge in [-0.2, -0.15) is 0 Å². The third-order valence-corrected chi connectivity index (χ3v) is 10.8. The molecule has 11 rings (SSSR count). The molecule has 3 heteroatoms. The Morgan fingerprint density at radius 2 is 0.593 bits per heavy atom. The molecule has 0 aliphatic heterocycles. The quantitative estimate of drug-likeness (QED) is 0.173. The minimum Gasteiger partial charge on any atom is -0.208 e. The number of rotatable bonds is 4. The molecule has 0 bridgehead atoms. The lowest BCUT2D eigenvalue weighted by Gasteiger charge is -2.17. The SMILES string of the molecule is c1ccc(-c2nc(-c3ccccc3)nc(-c3ccc4ccc(-c5ccc6c7ccccc7c7c8ccccc8c8ccccc8c7c6c5)cc4c3)n2)cc1. The van der Waals surface area contributed by atoms with E-state index in [1.807, 2.05) is 60.7 Å². The van der Waals surface area contributed by atoms with Gasteiger partial charge in [-0.25, -0.2) is 15.0 Å². The Morgan fingerprint density at radius 3 is 1.13 bits per heavy atom. The second kappa shape index (κ2) is 12.2. The summed E-state index contributed by atoms with van der Waals surface area (Å²) in [4.78, 5) is 14.9. The largest absolute Gasteiger partial charge is 0.208 e. The highest BCUT2D eigenvalue weighted by Crippen LogP contribution is 2.44. The van der Waals surface area contributed by atoms with Gasteiger partial charge >= 0.3 is 0 Å². The van der Waals surface area contributed by atoms with Crippen molar-refractivity contribution < 1.29 is 0 Å². The zero-order valence-corrected chi connectivity index (χ0v) is 29.2. The van der Waals surface area contributed by atoms with Crippen LogP contribution in [0.3, 0.4) is 0 Å². The molecule has 3 nitrogen and oxygen atoms in total. The molecule has 0 radical (unpaired) electrons. The van der Waals surface area contributed by atoms with E-state index >= 15 is 0 Å². The van der Waals surface area contributed by atoms with Crippen molar-refractivity contribution in [3.05, 3.63) is 188 Å². The smallest absolute Gasteiger partial charge is 0.164 e. The summed E-state index contributed by atoms with van der Waals surface area (Å²) in [6.45, 7) is 0. The van der Waals surface area contributed by atoms with E-state index in [0.29, 0.717) is 17.5 Å². The molecule has 0 saturated carbocycles. The van der Waals surface area contributed by atoms with Gasteiger partial charge in [0.25, 0.3) is 0 Å². The average Bonchev–Trinajstić information content (AvgIpc) is 3.26. The van der Waals surface area contributed by atoms with Gasteiger partial charge in [0, 0.05) is 16.7 Å². The fourth-order valence-electron chi connectivity index (χ4n) is 8.31. The molecule has 54 heavy (non-hydrogen) atoms. The number of benzene rings is 10. The molecule has 0 N–H and O–H groups in total. The van der Waals surface area contributed by atoms with Gasteiger partial charge < -0.3 is 0 Å². The summed E-state index contributed by atoms with van der Waals surface area (Å²) in [7, 11) is 0.